The fourth-order valence-electron chi connectivity index (χ4n) is 1.70. The van der Waals surface area contributed by atoms with Crippen LogP contribution in [0.1, 0.15) is 25.3 Å². The molecule has 4 heteroatoms. The van der Waals surface area contributed by atoms with E-state index in [2.05, 4.69) is 13.8 Å². The lowest BCUT2D eigenvalue weighted by Gasteiger charge is -2.11. The molecule has 0 heterocycles. The van der Waals surface area contributed by atoms with E-state index in [4.69, 9.17) is 22.1 Å². The molecule has 0 amide bonds. The highest BCUT2D eigenvalue weighted by atomic mass is 35.5. The third-order valence-corrected chi connectivity index (χ3v) is 3.09. The lowest BCUT2D eigenvalue weighted by Crippen LogP contribution is -1.95. The maximum Gasteiger partial charge on any atom is 0.153 e. The fourth-order valence-corrected chi connectivity index (χ4v) is 1.87. The van der Waals surface area contributed by atoms with Crippen molar-refractivity contribution in [1.82, 2.24) is 0 Å². The van der Waals surface area contributed by atoms with Crippen LogP contribution < -0.4 is 10.5 Å². The van der Waals surface area contributed by atoms with E-state index in [9.17, 15) is 4.39 Å². The quantitative estimate of drug-likeness (QED) is 0.805. The minimum absolute atomic E-state index is 0.0132. The second-order valence-electron chi connectivity index (χ2n) is 4.63. The lowest BCUT2D eigenvalue weighted by molar-refractivity contribution is 0.478. The van der Waals surface area contributed by atoms with Gasteiger partial charge in [-0.15, -0.1) is 0 Å². The van der Waals surface area contributed by atoms with Crippen molar-refractivity contribution in [3.8, 4) is 11.5 Å². The van der Waals surface area contributed by atoms with Crippen LogP contribution in [0.25, 0.3) is 0 Å². The Morgan fingerprint density at radius 3 is 2.63 bits per heavy atom. The summed E-state index contributed by atoms with van der Waals surface area (Å²) in [7, 11) is 0. The van der Waals surface area contributed by atoms with Crippen molar-refractivity contribution in [2.75, 3.05) is 5.73 Å². The first-order chi connectivity index (χ1) is 8.97. The first-order valence-electron chi connectivity index (χ1n) is 5.99. The third-order valence-electron chi connectivity index (χ3n) is 2.81. The molecule has 0 unspecified atom stereocenters. The van der Waals surface area contributed by atoms with Gasteiger partial charge < -0.3 is 10.5 Å². The minimum atomic E-state index is -0.550. The van der Waals surface area contributed by atoms with E-state index in [1.54, 1.807) is 6.07 Å². The molecule has 0 aliphatic heterocycles. The van der Waals surface area contributed by atoms with Crippen LogP contribution in [-0.4, -0.2) is 0 Å². The van der Waals surface area contributed by atoms with Gasteiger partial charge in [-0.05, 0) is 29.7 Å². The Hall–Kier alpha value is -1.74. The van der Waals surface area contributed by atoms with E-state index in [1.807, 2.05) is 18.2 Å². The van der Waals surface area contributed by atoms with E-state index in [0.717, 1.165) is 5.56 Å². The molecule has 0 bridgehead atoms. The van der Waals surface area contributed by atoms with Gasteiger partial charge in [-0.25, -0.2) is 4.39 Å². The number of rotatable bonds is 3. The number of hydrogen-bond donors (Lipinski definition) is 1. The van der Waals surface area contributed by atoms with Crippen molar-refractivity contribution in [3.63, 3.8) is 0 Å². The summed E-state index contributed by atoms with van der Waals surface area (Å²) in [6.45, 7) is 4.19. The fraction of sp³-hybridized carbons (Fsp3) is 0.200. The average molecular weight is 280 g/mol. The van der Waals surface area contributed by atoms with Crippen LogP contribution in [0, 0.1) is 5.82 Å². The molecule has 0 aliphatic carbocycles. The highest BCUT2D eigenvalue weighted by molar-refractivity contribution is 6.31. The van der Waals surface area contributed by atoms with Crippen LogP contribution in [0.4, 0.5) is 10.1 Å². The molecule has 2 nitrogen and oxygen atoms in total. The number of ether oxygens (including phenoxy) is 1. The van der Waals surface area contributed by atoms with Gasteiger partial charge in [0.25, 0.3) is 0 Å². The highest BCUT2D eigenvalue weighted by Gasteiger charge is 2.09. The van der Waals surface area contributed by atoms with Crippen LogP contribution in [0.5, 0.6) is 11.5 Å². The SMILES string of the molecule is CC(C)c1cccc(Oc2cc(F)c(Cl)cc2N)c1. The third kappa shape index (κ3) is 3.18. The van der Waals surface area contributed by atoms with Gasteiger partial charge in [0.15, 0.2) is 5.75 Å². The Morgan fingerprint density at radius 2 is 1.95 bits per heavy atom. The number of nitrogen functional groups attached to an aromatic ring is 1. The number of hydrogen-bond acceptors (Lipinski definition) is 2. The molecule has 2 N–H and O–H groups in total. The highest BCUT2D eigenvalue weighted by Crippen LogP contribution is 2.32. The van der Waals surface area contributed by atoms with Crippen LogP contribution in [0.2, 0.25) is 5.02 Å². The van der Waals surface area contributed by atoms with Crippen LogP contribution >= 0.6 is 11.6 Å². The number of benzene rings is 2. The molecular weight excluding hydrogens is 265 g/mol. The van der Waals surface area contributed by atoms with Crippen molar-refractivity contribution in [2.24, 2.45) is 0 Å². The Bertz CT molecular complexity index is 599. The Kier molecular flexibility index (Phi) is 3.96. The molecule has 2 aromatic carbocycles. The van der Waals surface area contributed by atoms with E-state index in [-0.39, 0.29) is 10.8 Å². The molecule has 0 aromatic heterocycles. The summed E-state index contributed by atoms with van der Waals surface area (Å²) < 4.78 is 19.0. The molecule has 0 fully saturated rings. The van der Waals surface area contributed by atoms with Gasteiger partial charge in [0, 0.05) is 6.07 Å². The second-order valence-corrected chi connectivity index (χ2v) is 5.04. The minimum Gasteiger partial charge on any atom is -0.455 e. The summed E-state index contributed by atoms with van der Waals surface area (Å²) in [6, 6.07) is 10.2. The van der Waals surface area contributed by atoms with Crippen LogP contribution in [0.3, 0.4) is 0 Å². The van der Waals surface area contributed by atoms with Gasteiger partial charge in [0.05, 0.1) is 10.7 Å². The standard InChI is InChI=1S/C15H15ClFNO/c1-9(2)10-4-3-5-11(6-10)19-15-8-13(17)12(16)7-14(15)18/h3-9H,18H2,1-2H3. The summed E-state index contributed by atoms with van der Waals surface area (Å²) in [4.78, 5) is 0. The molecule has 100 valence electrons. The number of nitrogens with two attached hydrogens (primary N) is 1. The topological polar surface area (TPSA) is 35.2 Å². The predicted octanol–water partition coefficient (Wildman–Crippen LogP) is 4.98. The molecular formula is C15H15ClFNO. The lowest BCUT2D eigenvalue weighted by atomic mass is 10.0. The number of anilines is 1. The summed E-state index contributed by atoms with van der Waals surface area (Å²) in [5.41, 5.74) is 7.21. The Balaban J connectivity index is 2.31. The van der Waals surface area contributed by atoms with Crippen molar-refractivity contribution in [1.29, 1.82) is 0 Å². The molecule has 0 aliphatic rings. The van der Waals surface area contributed by atoms with E-state index < -0.39 is 5.82 Å². The summed E-state index contributed by atoms with van der Waals surface area (Å²) in [6.07, 6.45) is 0. The van der Waals surface area contributed by atoms with Gasteiger partial charge in [0.2, 0.25) is 0 Å². The monoisotopic (exact) mass is 279 g/mol. The first-order valence-corrected chi connectivity index (χ1v) is 6.37. The molecule has 0 radical (unpaired) electrons. The first kappa shape index (κ1) is 13.7. The zero-order valence-corrected chi connectivity index (χ0v) is 11.5. The van der Waals surface area contributed by atoms with Gasteiger partial charge in [-0.2, -0.15) is 0 Å². The second kappa shape index (κ2) is 5.49. The van der Waals surface area contributed by atoms with Crippen LogP contribution in [-0.2, 0) is 0 Å². The molecule has 2 aromatic rings. The summed E-state index contributed by atoms with van der Waals surface area (Å²) in [5, 5.41) is -0.0132. The zero-order valence-electron chi connectivity index (χ0n) is 10.8. The predicted molar refractivity (Wildman–Crippen MR) is 76.4 cm³/mol. The summed E-state index contributed by atoms with van der Waals surface area (Å²) in [5.74, 6) is 0.733. The summed E-state index contributed by atoms with van der Waals surface area (Å²) >= 11 is 5.65. The van der Waals surface area contributed by atoms with Crippen molar-refractivity contribution < 1.29 is 9.13 Å². The van der Waals surface area contributed by atoms with Gasteiger partial charge >= 0.3 is 0 Å². The zero-order chi connectivity index (χ0) is 14.0. The molecule has 0 saturated carbocycles. The van der Waals surface area contributed by atoms with E-state index >= 15 is 0 Å². The normalized spacial score (nSPS) is 10.8. The molecule has 0 spiro atoms. The Labute approximate surface area is 117 Å². The molecule has 0 saturated heterocycles. The molecule has 0 atom stereocenters. The Morgan fingerprint density at radius 1 is 1.21 bits per heavy atom. The number of halogens is 2. The van der Waals surface area contributed by atoms with E-state index in [1.165, 1.54) is 12.1 Å². The largest absolute Gasteiger partial charge is 0.455 e. The molecule has 19 heavy (non-hydrogen) atoms. The van der Waals surface area contributed by atoms with Gasteiger partial charge in [0.1, 0.15) is 11.6 Å². The smallest absolute Gasteiger partial charge is 0.153 e. The van der Waals surface area contributed by atoms with Gasteiger partial charge in [-0.3, -0.25) is 0 Å². The van der Waals surface area contributed by atoms with Gasteiger partial charge in [-0.1, -0.05) is 37.6 Å². The van der Waals surface area contributed by atoms with Crippen molar-refractivity contribution >= 4 is 17.3 Å². The van der Waals surface area contributed by atoms with E-state index in [0.29, 0.717) is 17.4 Å². The maximum atomic E-state index is 13.4. The van der Waals surface area contributed by atoms with Crippen molar-refractivity contribution in [2.45, 2.75) is 19.8 Å². The average Bonchev–Trinajstić information content (AvgIpc) is 2.36. The van der Waals surface area contributed by atoms with Crippen molar-refractivity contribution in [3.05, 3.63) is 52.8 Å². The molecule has 2 rings (SSSR count). The van der Waals surface area contributed by atoms with Crippen LogP contribution in [0.15, 0.2) is 36.4 Å². The maximum absolute atomic E-state index is 13.4.